The summed E-state index contributed by atoms with van der Waals surface area (Å²) >= 11 is 0. The zero-order chi connectivity index (χ0) is 9.84. The number of rotatable bonds is 3. The molecule has 0 amide bonds. The van der Waals surface area contributed by atoms with Crippen molar-refractivity contribution in [3.63, 3.8) is 0 Å². The second-order valence-corrected chi connectivity index (χ2v) is 2.81. The van der Waals surface area contributed by atoms with Crippen LogP contribution in [0.5, 0.6) is 0 Å². The second-order valence-electron chi connectivity index (χ2n) is 2.81. The van der Waals surface area contributed by atoms with Crippen molar-refractivity contribution < 1.29 is 13.6 Å². The van der Waals surface area contributed by atoms with Crippen LogP contribution in [0.25, 0.3) is 0 Å². The third kappa shape index (κ3) is 2.47. The minimum Gasteiger partial charge on any atom is -0.300 e. The minimum atomic E-state index is -2.48. The van der Waals surface area contributed by atoms with Crippen molar-refractivity contribution in [2.45, 2.75) is 20.0 Å². The Morgan fingerprint density at radius 1 is 1.46 bits per heavy atom. The molecule has 0 aliphatic carbocycles. The first-order valence-corrected chi connectivity index (χ1v) is 3.84. The standard InChI is InChI=1S/C9H11F2NO/c1-6-2-3-8(9(10)11)7(4-6)5-13-12/h2-4,9H,5,12H2,1H3. The topological polar surface area (TPSA) is 35.2 Å². The molecule has 2 nitrogen and oxygen atoms in total. The summed E-state index contributed by atoms with van der Waals surface area (Å²) < 4.78 is 24.8. The minimum absolute atomic E-state index is 0.0152. The van der Waals surface area contributed by atoms with Gasteiger partial charge in [-0.05, 0) is 12.5 Å². The molecular weight excluding hydrogens is 176 g/mol. The second kappa shape index (κ2) is 4.30. The smallest absolute Gasteiger partial charge is 0.264 e. The van der Waals surface area contributed by atoms with E-state index in [0.717, 1.165) is 5.56 Å². The molecule has 0 aliphatic heterocycles. The van der Waals surface area contributed by atoms with Crippen LogP contribution < -0.4 is 5.90 Å². The van der Waals surface area contributed by atoms with Gasteiger partial charge < -0.3 is 0 Å². The lowest BCUT2D eigenvalue weighted by atomic mass is 10.1. The van der Waals surface area contributed by atoms with Crippen molar-refractivity contribution >= 4 is 0 Å². The van der Waals surface area contributed by atoms with E-state index in [1.54, 1.807) is 12.1 Å². The van der Waals surface area contributed by atoms with Crippen LogP contribution in [-0.4, -0.2) is 0 Å². The summed E-state index contributed by atoms with van der Waals surface area (Å²) in [7, 11) is 0. The van der Waals surface area contributed by atoms with Gasteiger partial charge in [0.25, 0.3) is 6.43 Å². The molecule has 0 saturated heterocycles. The molecule has 0 heterocycles. The zero-order valence-electron chi connectivity index (χ0n) is 7.26. The monoisotopic (exact) mass is 187 g/mol. The Hall–Kier alpha value is -1.00. The van der Waals surface area contributed by atoms with E-state index in [0.29, 0.717) is 5.56 Å². The lowest BCUT2D eigenvalue weighted by Crippen LogP contribution is -2.03. The fourth-order valence-electron chi connectivity index (χ4n) is 1.16. The molecule has 4 heteroatoms. The molecule has 0 fully saturated rings. The Balaban J connectivity index is 3.03. The Bertz CT molecular complexity index is 289. The third-order valence-corrected chi connectivity index (χ3v) is 1.77. The number of alkyl halides is 2. The van der Waals surface area contributed by atoms with Gasteiger partial charge in [-0.2, -0.15) is 0 Å². The van der Waals surface area contributed by atoms with E-state index in [2.05, 4.69) is 4.84 Å². The molecule has 0 aromatic heterocycles. The highest BCUT2D eigenvalue weighted by atomic mass is 19.3. The van der Waals surface area contributed by atoms with Gasteiger partial charge in [0, 0.05) is 5.56 Å². The Morgan fingerprint density at radius 3 is 2.69 bits per heavy atom. The summed E-state index contributed by atoms with van der Waals surface area (Å²) in [5.74, 6) is 4.83. The summed E-state index contributed by atoms with van der Waals surface area (Å²) in [4.78, 5) is 4.34. The third-order valence-electron chi connectivity index (χ3n) is 1.77. The number of benzene rings is 1. The summed E-state index contributed by atoms with van der Waals surface area (Å²) in [5.41, 5.74) is 1.34. The first-order chi connectivity index (χ1) is 6.15. The van der Waals surface area contributed by atoms with Gasteiger partial charge in [-0.15, -0.1) is 0 Å². The molecule has 0 saturated carbocycles. The van der Waals surface area contributed by atoms with E-state index in [-0.39, 0.29) is 12.2 Å². The summed E-state index contributed by atoms with van der Waals surface area (Å²) in [6.07, 6.45) is -2.48. The zero-order valence-corrected chi connectivity index (χ0v) is 7.26. The molecule has 0 bridgehead atoms. The van der Waals surface area contributed by atoms with Crippen molar-refractivity contribution in [3.8, 4) is 0 Å². The maximum absolute atomic E-state index is 12.4. The fraction of sp³-hybridized carbons (Fsp3) is 0.333. The molecule has 13 heavy (non-hydrogen) atoms. The number of nitrogens with two attached hydrogens (primary N) is 1. The highest BCUT2D eigenvalue weighted by molar-refractivity contribution is 5.31. The predicted molar refractivity (Wildman–Crippen MR) is 45.1 cm³/mol. The number of aryl methyl sites for hydroxylation is 1. The first-order valence-electron chi connectivity index (χ1n) is 3.84. The summed E-state index contributed by atoms with van der Waals surface area (Å²) in [6, 6.07) is 4.68. The van der Waals surface area contributed by atoms with Crippen molar-refractivity contribution in [1.82, 2.24) is 0 Å². The van der Waals surface area contributed by atoms with Gasteiger partial charge in [0.05, 0.1) is 6.61 Å². The molecule has 0 unspecified atom stereocenters. The molecule has 0 atom stereocenters. The van der Waals surface area contributed by atoms with Crippen LogP contribution in [0, 0.1) is 6.92 Å². The van der Waals surface area contributed by atoms with Crippen LogP contribution in [0.4, 0.5) is 8.78 Å². The molecule has 1 aromatic rings. The van der Waals surface area contributed by atoms with Crippen molar-refractivity contribution in [2.75, 3.05) is 0 Å². The van der Waals surface area contributed by atoms with Gasteiger partial charge in [-0.1, -0.05) is 23.8 Å². The average Bonchev–Trinajstić information content (AvgIpc) is 2.04. The van der Waals surface area contributed by atoms with Gasteiger partial charge in [0.1, 0.15) is 0 Å². The maximum atomic E-state index is 12.4. The molecule has 0 radical (unpaired) electrons. The highest BCUT2D eigenvalue weighted by Crippen LogP contribution is 2.24. The van der Waals surface area contributed by atoms with E-state index < -0.39 is 6.43 Å². The predicted octanol–water partition coefficient (Wildman–Crippen LogP) is 2.32. The molecule has 1 aromatic carbocycles. The van der Waals surface area contributed by atoms with Gasteiger partial charge >= 0.3 is 0 Å². The van der Waals surface area contributed by atoms with E-state index in [9.17, 15) is 8.78 Å². The van der Waals surface area contributed by atoms with Crippen molar-refractivity contribution in [3.05, 3.63) is 34.9 Å². The number of halogens is 2. The first kappa shape index (κ1) is 10.1. The van der Waals surface area contributed by atoms with E-state index >= 15 is 0 Å². The molecule has 2 N–H and O–H groups in total. The van der Waals surface area contributed by atoms with Crippen LogP contribution in [0.1, 0.15) is 23.1 Å². The van der Waals surface area contributed by atoms with E-state index in [1.807, 2.05) is 6.92 Å². The SMILES string of the molecule is Cc1ccc(C(F)F)c(CON)c1. The van der Waals surface area contributed by atoms with Gasteiger partial charge in [-0.3, -0.25) is 4.84 Å². The van der Waals surface area contributed by atoms with Crippen LogP contribution in [0.2, 0.25) is 0 Å². The van der Waals surface area contributed by atoms with Crippen LogP contribution in [0.15, 0.2) is 18.2 Å². The fourth-order valence-corrected chi connectivity index (χ4v) is 1.16. The molecule has 0 spiro atoms. The maximum Gasteiger partial charge on any atom is 0.264 e. The van der Waals surface area contributed by atoms with Gasteiger partial charge in [0.2, 0.25) is 0 Å². The lowest BCUT2D eigenvalue weighted by molar-refractivity contribution is 0.114. The largest absolute Gasteiger partial charge is 0.300 e. The Morgan fingerprint density at radius 2 is 2.15 bits per heavy atom. The van der Waals surface area contributed by atoms with Crippen LogP contribution in [0.3, 0.4) is 0 Å². The van der Waals surface area contributed by atoms with E-state index in [4.69, 9.17) is 5.90 Å². The quantitative estimate of drug-likeness (QED) is 0.737. The average molecular weight is 187 g/mol. The van der Waals surface area contributed by atoms with Crippen LogP contribution in [-0.2, 0) is 11.4 Å². The van der Waals surface area contributed by atoms with Crippen molar-refractivity contribution in [1.29, 1.82) is 0 Å². The normalized spacial score (nSPS) is 10.8. The van der Waals surface area contributed by atoms with Crippen molar-refractivity contribution in [2.24, 2.45) is 5.90 Å². The van der Waals surface area contributed by atoms with Crippen LogP contribution >= 0.6 is 0 Å². The number of hydrogen-bond acceptors (Lipinski definition) is 2. The lowest BCUT2D eigenvalue weighted by Gasteiger charge is -2.08. The summed E-state index contributed by atoms with van der Waals surface area (Å²) in [5, 5.41) is 0. The molecule has 1 rings (SSSR count). The molecule has 0 aliphatic rings. The molecule has 72 valence electrons. The Kier molecular flexibility index (Phi) is 3.33. The highest BCUT2D eigenvalue weighted by Gasteiger charge is 2.12. The molecular formula is C9H11F2NO. The Labute approximate surface area is 75.3 Å². The van der Waals surface area contributed by atoms with Gasteiger partial charge in [0.15, 0.2) is 0 Å². The summed E-state index contributed by atoms with van der Waals surface area (Å²) in [6.45, 7) is 1.84. The number of hydrogen-bond donors (Lipinski definition) is 1. The van der Waals surface area contributed by atoms with Gasteiger partial charge in [-0.25, -0.2) is 14.7 Å². The van der Waals surface area contributed by atoms with E-state index in [1.165, 1.54) is 6.07 Å².